The molecule has 0 bridgehead atoms. The molecule has 0 fully saturated rings. The van der Waals surface area contributed by atoms with E-state index in [1.165, 1.54) is 17.5 Å². The molecule has 3 rings (SSSR count). The molecule has 0 spiro atoms. The number of hydrogen-bond acceptors (Lipinski definition) is 3. The minimum Gasteiger partial charge on any atom is -0.452 e. The standard InChI is InChI=1S/C21H23NO3/c1-14-9-15(2)11-19(10-14)22-20(23)13-25-21(24)18-8-7-16-5-3-4-6-17(16)12-18/h7-12H,3-6,13H2,1-2H3,(H,22,23). The first kappa shape index (κ1) is 17.2. The molecule has 0 radical (unpaired) electrons. The number of ether oxygens (including phenoxy) is 1. The summed E-state index contributed by atoms with van der Waals surface area (Å²) in [6, 6.07) is 11.5. The maximum atomic E-state index is 12.2. The lowest BCUT2D eigenvalue weighted by Gasteiger charge is -2.16. The Morgan fingerprint density at radius 1 is 0.960 bits per heavy atom. The number of benzene rings is 2. The predicted molar refractivity (Wildman–Crippen MR) is 97.9 cm³/mol. The third-order valence-electron chi connectivity index (χ3n) is 4.42. The number of carbonyl (C=O) groups excluding carboxylic acids is 2. The highest BCUT2D eigenvalue weighted by Crippen LogP contribution is 2.22. The number of esters is 1. The van der Waals surface area contributed by atoms with E-state index in [1.54, 1.807) is 6.07 Å². The van der Waals surface area contributed by atoms with Gasteiger partial charge in [-0.1, -0.05) is 12.1 Å². The average Bonchev–Trinajstić information content (AvgIpc) is 2.58. The molecule has 1 aliphatic carbocycles. The van der Waals surface area contributed by atoms with E-state index in [0.29, 0.717) is 11.3 Å². The van der Waals surface area contributed by atoms with Crippen LogP contribution in [0, 0.1) is 13.8 Å². The van der Waals surface area contributed by atoms with E-state index in [4.69, 9.17) is 4.74 Å². The van der Waals surface area contributed by atoms with Gasteiger partial charge in [-0.25, -0.2) is 4.79 Å². The molecule has 0 aromatic heterocycles. The molecule has 0 saturated heterocycles. The number of anilines is 1. The van der Waals surface area contributed by atoms with Crippen molar-refractivity contribution in [2.75, 3.05) is 11.9 Å². The van der Waals surface area contributed by atoms with E-state index < -0.39 is 5.97 Å². The Kier molecular flexibility index (Phi) is 5.17. The zero-order valence-electron chi connectivity index (χ0n) is 14.7. The summed E-state index contributed by atoms with van der Waals surface area (Å²) < 4.78 is 5.16. The number of nitrogens with one attached hydrogen (secondary N) is 1. The SMILES string of the molecule is Cc1cc(C)cc(NC(=O)COC(=O)c2ccc3c(c2)CCCC3)c1. The molecular formula is C21H23NO3. The van der Waals surface area contributed by atoms with Gasteiger partial charge in [0.15, 0.2) is 6.61 Å². The van der Waals surface area contributed by atoms with Gasteiger partial charge in [-0.15, -0.1) is 0 Å². The van der Waals surface area contributed by atoms with Gasteiger partial charge in [0.25, 0.3) is 5.91 Å². The van der Waals surface area contributed by atoms with Crippen molar-refractivity contribution in [3.05, 3.63) is 64.2 Å². The summed E-state index contributed by atoms with van der Waals surface area (Å²) in [5, 5.41) is 2.76. The summed E-state index contributed by atoms with van der Waals surface area (Å²) in [7, 11) is 0. The highest BCUT2D eigenvalue weighted by Gasteiger charge is 2.15. The smallest absolute Gasteiger partial charge is 0.338 e. The molecule has 25 heavy (non-hydrogen) atoms. The van der Waals surface area contributed by atoms with Crippen LogP contribution in [-0.4, -0.2) is 18.5 Å². The Bertz CT molecular complexity index is 791. The van der Waals surface area contributed by atoms with Crippen molar-refractivity contribution in [2.45, 2.75) is 39.5 Å². The molecular weight excluding hydrogens is 314 g/mol. The third kappa shape index (κ3) is 4.47. The largest absolute Gasteiger partial charge is 0.452 e. The van der Waals surface area contributed by atoms with Crippen molar-refractivity contribution in [1.82, 2.24) is 0 Å². The lowest BCUT2D eigenvalue weighted by atomic mass is 9.90. The molecule has 1 amide bonds. The Morgan fingerprint density at radius 3 is 2.36 bits per heavy atom. The second kappa shape index (κ2) is 7.51. The number of hydrogen-bond donors (Lipinski definition) is 1. The van der Waals surface area contributed by atoms with Crippen LogP contribution in [-0.2, 0) is 22.4 Å². The molecule has 0 atom stereocenters. The molecule has 4 nitrogen and oxygen atoms in total. The van der Waals surface area contributed by atoms with Crippen LogP contribution in [0.15, 0.2) is 36.4 Å². The molecule has 2 aromatic rings. The van der Waals surface area contributed by atoms with E-state index in [0.717, 1.165) is 30.4 Å². The van der Waals surface area contributed by atoms with Crippen LogP contribution in [0.3, 0.4) is 0 Å². The van der Waals surface area contributed by atoms with Gasteiger partial charge in [0, 0.05) is 5.69 Å². The van der Waals surface area contributed by atoms with Crippen LogP contribution >= 0.6 is 0 Å². The minimum atomic E-state index is -0.455. The highest BCUT2D eigenvalue weighted by molar-refractivity contribution is 5.95. The molecule has 4 heteroatoms. The van der Waals surface area contributed by atoms with Crippen LogP contribution in [0.2, 0.25) is 0 Å². The van der Waals surface area contributed by atoms with E-state index in [1.807, 2.05) is 44.2 Å². The quantitative estimate of drug-likeness (QED) is 0.859. The van der Waals surface area contributed by atoms with Crippen LogP contribution in [0.4, 0.5) is 5.69 Å². The molecule has 0 aliphatic heterocycles. The van der Waals surface area contributed by atoms with Crippen LogP contribution in [0.25, 0.3) is 0 Å². The van der Waals surface area contributed by atoms with Crippen molar-refractivity contribution in [2.24, 2.45) is 0 Å². The minimum absolute atomic E-state index is 0.289. The predicted octanol–water partition coefficient (Wildman–Crippen LogP) is 3.98. The topological polar surface area (TPSA) is 55.4 Å². The molecule has 1 N–H and O–H groups in total. The number of amides is 1. The van der Waals surface area contributed by atoms with Crippen molar-refractivity contribution < 1.29 is 14.3 Å². The zero-order chi connectivity index (χ0) is 17.8. The second-order valence-corrected chi connectivity index (χ2v) is 6.69. The number of aryl methyl sites for hydroxylation is 4. The van der Waals surface area contributed by atoms with Crippen molar-refractivity contribution in [3.63, 3.8) is 0 Å². The summed E-state index contributed by atoms with van der Waals surface area (Å²) >= 11 is 0. The van der Waals surface area contributed by atoms with Gasteiger partial charge in [0.2, 0.25) is 0 Å². The Hall–Kier alpha value is -2.62. The van der Waals surface area contributed by atoms with Gasteiger partial charge in [0.1, 0.15) is 0 Å². The van der Waals surface area contributed by atoms with Crippen molar-refractivity contribution in [3.8, 4) is 0 Å². The summed E-state index contributed by atoms with van der Waals surface area (Å²) in [5.74, 6) is -0.791. The average molecular weight is 337 g/mol. The molecule has 2 aromatic carbocycles. The first-order valence-electron chi connectivity index (χ1n) is 8.68. The number of rotatable bonds is 4. The number of fused-ring (bicyclic) bond motifs is 1. The monoisotopic (exact) mass is 337 g/mol. The molecule has 0 unspecified atom stereocenters. The van der Waals surface area contributed by atoms with E-state index in [9.17, 15) is 9.59 Å². The molecule has 1 aliphatic rings. The second-order valence-electron chi connectivity index (χ2n) is 6.69. The Labute approximate surface area is 148 Å². The summed E-state index contributed by atoms with van der Waals surface area (Å²) in [4.78, 5) is 24.2. The fraction of sp³-hybridized carbons (Fsp3) is 0.333. The van der Waals surface area contributed by atoms with E-state index in [-0.39, 0.29) is 12.5 Å². The summed E-state index contributed by atoms with van der Waals surface area (Å²) in [5.41, 5.74) is 5.91. The van der Waals surface area contributed by atoms with E-state index >= 15 is 0 Å². The first-order valence-corrected chi connectivity index (χ1v) is 8.68. The lowest BCUT2D eigenvalue weighted by Crippen LogP contribution is -2.21. The third-order valence-corrected chi connectivity index (χ3v) is 4.42. The normalized spacial score (nSPS) is 13.0. The van der Waals surface area contributed by atoms with Gasteiger partial charge in [-0.2, -0.15) is 0 Å². The Morgan fingerprint density at radius 2 is 1.64 bits per heavy atom. The zero-order valence-corrected chi connectivity index (χ0v) is 14.7. The fourth-order valence-electron chi connectivity index (χ4n) is 3.32. The van der Waals surface area contributed by atoms with Gasteiger partial charge in [-0.05, 0) is 86.1 Å². The van der Waals surface area contributed by atoms with Gasteiger partial charge >= 0.3 is 5.97 Å². The maximum absolute atomic E-state index is 12.2. The fourth-order valence-corrected chi connectivity index (χ4v) is 3.32. The lowest BCUT2D eigenvalue weighted by molar-refractivity contribution is -0.119. The van der Waals surface area contributed by atoms with Crippen LogP contribution in [0.1, 0.15) is 45.5 Å². The Balaban J connectivity index is 1.57. The van der Waals surface area contributed by atoms with Crippen molar-refractivity contribution in [1.29, 1.82) is 0 Å². The van der Waals surface area contributed by atoms with E-state index in [2.05, 4.69) is 5.32 Å². The molecule has 0 heterocycles. The van der Waals surface area contributed by atoms with Gasteiger partial charge in [-0.3, -0.25) is 4.79 Å². The maximum Gasteiger partial charge on any atom is 0.338 e. The van der Waals surface area contributed by atoms with Gasteiger partial charge in [0.05, 0.1) is 5.56 Å². The van der Waals surface area contributed by atoms with Crippen LogP contribution in [0.5, 0.6) is 0 Å². The summed E-state index contributed by atoms with van der Waals surface area (Å²) in [6.45, 7) is 3.65. The summed E-state index contributed by atoms with van der Waals surface area (Å²) in [6.07, 6.45) is 4.44. The number of carbonyl (C=O) groups is 2. The first-order chi connectivity index (χ1) is 12.0. The van der Waals surface area contributed by atoms with Crippen LogP contribution < -0.4 is 5.32 Å². The van der Waals surface area contributed by atoms with Gasteiger partial charge < -0.3 is 10.1 Å². The highest BCUT2D eigenvalue weighted by atomic mass is 16.5. The molecule has 0 saturated carbocycles. The van der Waals surface area contributed by atoms with Crippen molar-refractivity contribution >= 4 is 17.6 Å². The molecule has 130 valence electrons.